The second kappa shape index (κ2) is 7.80. The number of nitrogens with one attached hydrogen (secondary N) is 1. The van der Waals surface area contributed by atoms with Gasteiger partial charge in [0.25, 0.3) is 0 Å². The van der Waals surface area contributed by atoms with Crippen molar-refractivity contribution in [2.45, 2.75) is 34.5 Å². The van der Waals surface area contributed by atoms with Gasteiger partial charge >= 0.3 is 0 Å². The van der Waals surface area contributed by atoms with E-state index in [0.717, 1.165) is 20.9 Å². The lowest BCUT2D eigenvalue weighted by atomic mass is 10.3. The fraction of sp³-hybridized carbons (Fsp3) is 0.727. The predicted octanol–water partition coefficient (Wildman–Crippen LogP) is 1.44. The molecule has 1 aliphatic heterocycles. The Morgan fingerprint density at radius 3 is 2.71 bits per heavy atom. The van der Waals surface area contributed by atoms with E-state index in [1.54, 1.807) is 11.8 Å². The van der Waals surface area contributed by atoms with Gasteiger partial charge in [-0.2, -0.15) is 0 Å². The van der Waals surface area contributed by atoms with Crippen LogP contribution in [0.4, 0.5) is 0 Å². The molecule has 0 bridgehead atoms. The summed E-state index contributed by atoms with van der Waals surface area (Å²) >= 11 is 4.49. The standard InChI is InChI=1S/C11H17N3O3S4/c1-2-4-18-10-13-14-11(20-10)19-6-9(15)12-8-3-5-21(16,17)7-8/h8H,2-7H2,1H3,(H,12,15)/t8-/m0/s1. The second-order valence-corrected chi connectivity index (χ2v) is 10.4. The van der Waals surface area contributed by atoms with Crippen LogP contribution in [0.1, 0.15) is 19.8 Å². The summed E-state index contributed by atoms with van der Waals surface area (Å²) in [6.45, 7) is 2.11. The van der Waals surface area contributed by atoms with Crippen molar-refractivity contribution in [2.24, 2.45) is 0 Å². The zero-order chi connectivity index (χ0) is 15.3. The molecule has 0 saturated carbocycles. The quantitative estimate of drug-likeness (QED) is 0.729. The van der Waals surface area contributed by atoms with Crippen LogP contribution in [0.5, 0.6) is 0 Å². The van der Waals surface area contributed by atoms with Gasteiger partial charge in [-0.25, -0.2) is 8.42 Å². The molecule has 1 amide bonds. The summed E-state index contributed by atoms with van der Waals surface area (Å²) in [7, 11) is -2.96. The van der Waals surface area contributed by atoms with Gasteiger partial charge in [-0.05, 0) is 12.8 Å². The Kier molecular flexibility index (Phi) is 6.33. The molecule has 0 aliphatic carbocycles. The van der Waals surface area contributed by atoms with E-state index in [2.05, 4.69) is 22.4 Å². The smallest absolute Gasteiger partial charge is 0.230 e. The van der Waals surface area contributed by atoms with Gasteiger partial charge in [-0.3, -0.25) is 4.79 Å². The predicted molar refractivity (Wildman–Crippen MR) is 86.8 cm³/mol. The lowest BCUT2D eigenvalue weighted by Gasteiger charge is -2.09. The van der Waals surface area contributed by atoms with Gasteiger partial charge in [0.05, 0.1) is 17.3 Å². The molecule has 2 rings (SSSR count). The molecule has 1 atom stereocenters. The maximum Gasteiger partial charge on any atom is 0.230 e. The molecule has 0 aromatic carbocycles. The Bertz CT molecular complexity index is 587. The summed E-state index contributed by atoms with van der Waals surface area (Å²) < 4.78 is 24.3. The Morgan fingerprint density at radius 2 is 2.10 bits per heavy atom. The van der Waals surface area contributed by atoms with E-state index in [1.165, 1.54) is 23.1 Å². The lowest BCUT2D eigenvalue weighted by Crippen LogP contribution is -2.36. The van der Waals surface area contributed by atoms with Crippen LogP contribution < -0.4 is 5.32 Å². The molecule has 1 fully saturated rings. The largest absolute Gasteiger partial charge is 0.352 e. The average molecular weight is 368 g/mol. The SMILES string of the molecule is CCCSc1nnc(SCC(=O)N[C@H]2CCS(=O)(=O)C2)s1. The number of hydrogen-bond acceptors (Lipinski definition) is 8. The number of sulfone groups is 1. The van der Waals surface area contributed by atoms with Gasteiger partial charge in [0.1, 0.15) is 0 Å². The van der Waals surface area contributed by atoms with Crippen molar-refractivity contribution in [3.8, 4) is 0 Å². The maximum absolute atomic E-state index is 11.8. The molecular formula is C11H17N3O3S4. The zero-order valence-electron chi connectivity index (χ0n) is 11.6. The summed E-state index contributed by atoms with van der Waals surface area (Å²) in [6, 6.07) is -0.242. The van der Waals surface area contributed by atoms with Gasteiger partial charge < -0.3 is 5.32 Å². The minimum Gasteiger partial charge on any atom is -0.352 e. The first-order chi connectivity index (χ1) is 9.98. The molecule has 0 unspecified atom stereocenters. The molecule has 2 heterocycles. The van der Waals surface area contributed by atoms with Gasteiger partial charge in [0, 0.05) is 11.8 Å². The van der Waals surface area contributed by atoms with Crippen molar-refractivity contribution >= 4 is 50.6 Å². The number of hydrogen-bond donors (Lipinski definition) is 1. The number of thioether (sulfide) groups is 2. The summed E-state index contributed by atoms with van der Waals surface area (Å²) in [5.74, 6) is 1.32. The third kappa shape index (κ3) is 5.76. The van der Waals surface area contributed by atoms with Crippen molar-refractivity contribution in [2.75, 3.05) is 23.0 Å². The summed E-state index contributed by atoms with van der Waals surface area (Å²) in [5.41, 5.74) is 0. The highest BCUT2D eigenvalue weighted by atomic mass is 32.2. The summed E-state index contributed by atoms with van der Waals surface area (Å²) in [5, 5.41) is 10.8. The molecule has 0 radical (unpaired) electrons. The molecule has 1 saturated heterocycles. The van der Waals surface area contributed by atoms with E-state index < -0.39 is 9.84 Å². The maximum atomic E-state index is 11.8. The zero-order valence-corrected chi connectivity index (χ0v) is 14.8. The Labute approximate surface area is 136 Å². The minimum atomic E-state index is -2.96. The molecule has 1 aliphatic rings. The van der Waals surface area contributed by atoms with Crippen LogP contribution in [0, 0.1) is 0 Å². The van der Waals surface area contributed by atoms with Crippen molar-refractivity contribution < 1.29 is 13.2 Å². The van der Waals surface area contributed by atoms with Gasteiger partial charge in [-0.15, -0.1) is 10.2 Å². The average Bonchev–Trinajstić information content (AvgIpc) is 3.00. The number of amides is 1. The van der Waals surface area contributed by atoms with Crippen LogP contribution in [0.25, 0.3) is 0 Å². The van der Waals surface area contributed by atoms with Crippen molar-refractivity contribution in [1.82, 2.24) is 15.5 Å². The first kappa shape index (κ1) is 17.0. The van der Waals surface area contributed by atoms with Crippen LogP contribution in [-0.2, 0) is 14.6 Å². The number of rotatable bonds is 7. The molecule has 0 spiro atoms. The summed E-state index contributed by atoms with van der Waals surface area (Å²) in [6.07, 6.45) is 1.59. The van der Waals surface area contributed by atoms with Crippen LogP contribution in [0.15, 0.2) is 8.68 Å². The Morgan fingerprint density at radius 1 is 1.38 bits per heavy atom. The highest BCUT2D eigenvalue weighted by Crippen LogP contribution is 2.28. The molecular weight excluding hydrogens is 350 g/mol. The summed E-state index contributed by atoms with van der Waals surface area (Å²) in [4.78, 5) is 11.8. The van der Waals surface area contributed by atoms with Crippen LogP contribution in [-0.4, -0.2) is 53.6 Å². The second-order valence-electron chi connectivity index (χ2n) is 4.64. The van der Waals surface area contributed by atoms with E-state index in [9.17, 15) is 13.2 Å². The Balaban J connectivity index is 1.72. The van der Waals surface area contributed by atoms with Gasteiger partial charge in [0.15, 0.2) is 18.5 Å². The van der Waals surface area contributed by atoms with E-state index in [4.69, 9.17) is 0 Å². The topological polar surface area (TPSA) is 89.0 Å². The molecule has 6 nitrogen and oxygen atoms in total. The first-order valence-electron chi connectivity index (χ1n) is 6.57. The van der Waals surface area contributed by atoms with Crippen LogP contribution in [0.3, 0.4) is 0 Å². The van der Waals surface area contributed by atoms with E-state index in [-0.39, 0.29) is 29.2 Å². The van der Waals surface area contributed by atoms with Crippen LogP contribution in [0.2, 0.25) is 0 Å². The number of carbonyl (C=O) groups is 1. The van der Waals surface area contributed by atoms with E-state index in [0.29, 0.717) is 6.42 Å². The third-order valence-corrected chi connectivity index (χ3v) is 7.91. The Hall–Kier alpha value is -0.320. The number of carbonyl (C=O) groups excluding carboxylic acids is 1. The highest BCUT2D eigenvalue weighted by Gasteiger charge is 2.28. The molecule has 21 heavy (non-hydrogen) atoms. The highest BCUT2D eigenvalue weighted by molar-refractivity contribution is 8.03. The normalized spacial score (nSPS) is 20.5. The monoisotopic (exact) mass is 367 g/mol. The van der Waals surface area contributed by atoms with Crippen molar-refractivity contribution in [1.29, 1.82) is 0 Å². The molecule has 1 aromatic heterocycles. The van der Waals surface area contributed by atoms with Gasteiger partial charge in [0.2, 0.25) is 5.91 Å². The number of nitrogens with zero attached hydrogens (tertiary/aromatic N) is 2. The third-order valence-electron chi connectivity index (χ3n) is 2.74. The van der Waals surface area contributed by atoms with Crippen LogP contribution >= 0.6 is 34.9 Å². The van der Waals surface area contributed by atoms with E-state index >= 15 is 0 Å². The van der Waals surface area contributed by atoms with Crippen molar-refractivity contribution in [3.63, 3.8) is 0 Å². The van der Waals surface area contributed by atoms with Gasteiger partial charge in [-0.1, -0.05) is 41.8 Å². The molecule has 1 N–H and O–H groups in total. The lowest BCUT2D eigenvalue weighted by molar-refractivity contribution is -0.119. The molecule has 118 valence electrons. The molecule has 1 aromatic rings. The van der Waals surface area contributed by atoms with Crippen molar-refractivity contribution in [3.05, 3.63) is 0 Å². The fourth-order valence-electron chi connectivity index (χ4n) is 1.81. The first-order valence-corrected chi connectivity index (χ1v) is 11.2. The molecule has 10 heteroatoms. The van der Waals surface area contributed by atoms with E-state index in [1.807, 2.05) is 0 Å². The number of aromatic nitrogens is 2. The minimum absolute atomic E-state index is 0.0556. The fourth-order valence-corrected chi connectivity index (χ4v) is 6.24.